The number of phenolic OH excluding ortho intramolecular Hbond substituents is 2. The zero-order valence-corrected chi connectivity index (χ0v) is 17.1. The molecule has 0 spiro atoms. The molecule has 0 radical (unpaired) electrons. The Bertz CT molecular complexity index is 1620. The van der Waals surface area contributed by atoms with E-state index in [-0.39, 0.29) is 11.5 Å². The van der Waals surface area contributed by atoms with Crippen LogP contribution in [0.1, 0.15) is 11.1 Å². The molecule has 0 saturated carbocycles. The minimum Gasteiger partial charge on any atom is -0.507 e. The summed E-state index contributed by atoms with van der Waals surface area (Å²) in [7, 11) is 0. The van der Waals surface area contributed by atoms with Crippen molar-refractivity contribution in [3.8, 4) is 23.3 Å². The monoisotopic (exact) mass is 410 g/mol. The third-order valence-corrected chi connectivity index (χ3v) is 6.09. The minimum atomic E-state index is 0.130. The van der Waals surface area contributed by atoms with E-state index in [9.17, 15) is 10.2 Å². The molecule has 0 heterocycles. The summed E-state index contributed by atoms with van der Waals surface area (Å²) in [6.07, 6.45) is 0. The summed E-state index contributed by atoms with van der Waals surface area (Å²) >= 11 is 0. The molecule has 2 heteroatoms. The van der Waals surface area contributed by atoms with Gasteiger partial charge < -0.3 is 10.2 Å². The van der Waals surface area contributed by atoms with Gasteiger partial charge in [-0.3, -0.25) is 0 Å². The zero-order chi connectivity index (χ0) is 21.7. The molecular formula is C30H18O2. The second-order valence-corrected chi connectivity index (χ2v) is 7.94. The quantitative estimate of drug-likeness (QED) is 0.207. The van der Waals surface area contributed by atoms with Crippen LogP contribution in [0, 0.1) is 11.8 Å². The Morgan fingerprint density at radius 1 is 0.406 bits per heavy atom. The highest BCUT2D eigenvalue weighted by molar-refractivity contribution is 6.12. The lowest BCUT2D eigenvalue weighted by Gasteiger charge is -2.09. The second kappa shape index (κ2) is 7.04. The number of hydrogen-bond donors (Lipinski definition) is 2. The third kappa shape index (κ3) is 2.76. The maximum atomic E-state index is 10.7. The molecule has 2 nitrogen and oxygen atoms in total. The van der Waals surface area contributed by atoms with E-state index in [1.807, 2.05) is 60.7 Å². The second-order valence-electron chi connectivity index (χ2n) is 7.94. The number of rotatable bonds is 0. The maximum Gasteiger partial charge on any atom is 0.131 e. The summed E-state index contributed by atoms with van der Waals surface area (Å²) in [5.74, 6) is 6.67. The molecular weight excluding hydrogens is 392 g/mol. The fourth-order valence-electron chi connectivity index (χ4n) is 4.55. The van der Waals surface area contributed by atoms with Gasteiger partial charge in [0.25, 0.3) is 0 Å². The minimum absolute atomic E-state index is 0.130. The molecule has 6 aromatic rings. The first-order valence-corrected chi connectivity index (χ1v) is 10.5. The smallest absolute Gasteiger partial charge is 0.131 e. The summed E-state index contributed by atoms with van der Waals surface area (Å²) in [5.41, 5.74) is 1.13. The Morgan fingerprint density at radius 2 is 0.781 bits per heavy atom. The molecule has 2 N–H and O–H groups in total. The largest absolute Gasteiger partial charge is 0.507 e. The molecule has 6 rings (SSSR count). The van der Waals surface area contributed by atoms with Crippen molar-refractivity contribution in [2.45, 2.75) is 0 Å². The molecule has 0 atom stereocenters. The van der Waals surface area contributed by atoms with Crippen molar-refractivity contribution in [1.29, 1.82) is 0 Å². The maximum absolute atomic E-state index is 10.7. The molecule has 0 aliphatic carbocycles. The Morgan fingerprint density at radius 3 is 1.25 bits per heavy atom. The molecule has 0 bridgehead atoms. The first-order chi connectivity index (χ1) is 15.7. The predicted molar refractivity (Wildman–Crippen MR) is 132 cm³/mol. The average molecular weight is 410 g/mol. The Kier molecular flexibility index (Phi) is 4.03. The Balaban J connectivity index is 1.69. The average Bonchev–Trinajstić information content (AvgIpc) is 2.84. The van der Waals surface area contributed by atoms with E-state index in [4.69, 9.17) is 0 Å². The molecule has 0 saturated heterocycles. The van der Waals surface area contributed by atoms with E-state index in [0.29, 0.717) is 11.1 Å². The number of phenols is 2. The molecule has 32 heavy (non-hydrogen) atoms. The van der Waals surface area contributed by atoms with Crippen molar-refractivity contribution >= 4 is 43.1 Å². The van der Waals surface area contributed by atoms with Crippen molar-refractivity contribution in [2.75, 3.05) is 0 Å². The molecule has 0 amide bonds. The normalized spacial score (nSPS) is 11.1. The van der Waals surface area contributed by atoms with Crippen molar-refractivity contribution < 1.29 is 10.2 Å². The summed E-state index contributed by atoms with van der Waals surface area (Å²) < 4.78 is 0. The highest BCUT2D eigenvalue weighted by atomic mass is 16.3. The van der Waals surface area contributed by atoms with Crippen molar-refractivity contribution in [3.63, 3.8) is 0 Å². The van der Waals surface area contributed by atoms with Gasteiger partial charge in [0.05, 0.1) is 11.1 Å². The van der Waals surface area contributed by atoms with E-state index in [1.54, 1.807) is 12.1 Å². The van der Waals surface area contributed by atoms with Crippen molar-refractivity contribution in [3.05, 3.63) is 108 Å². The number of benzene rings is 6. The zero-order valence-electron chi connectivity index (χ0n) is 17.1. The van der Waals surface area contributed by atoms with Gasteiger partial charge >= 0.3 is 0 Å². The molecule has 150 valence electrons. The number of hydrogen-bond acceptors (Lipinski definition) is 2. The summed E-state index contributed by atoms with van der Waals surface area (Å²) in [5, 5.41) is 29.6. The Hall–Kier alpha value is -4.48. The third-order valence-electron chi connectivity index (χ3n) is 6.09. The van der Waals surface area contributed by atoms with Crippen LogP contribution in [0.15, 0.2) is 97.1 Å². The molecule has 0 unspecified atom stereocenters. The van der Waals surface area contributed by atoms with Gasteiger partial charge in [0.1, 0.15) is 11.5 Å². The first-order valence-electron chi connectivity index (χ1n) is 10.5. The number of fused-ring (bicyclic) bond motifs is 6. The lowest BCUT2D eigenvalue weighted by Crippen LogP contribution is -1.87. The van der Waals surface area contributed by atoms with E-state index >= 15 is 0 Å². The SMILES string of the molecule is Oc1ccc2ccc3ccccc3c2c1C#Cc1c(O)ccc2ccc3ccccc3c12. The standard InChI is InChI=1S/C30H18O2/c31-27-17-13-21-11-9-19-5-1-3-7-23(19)29(21)25(27)15-16-26-28(32)18-14-22-12-10-20-6-2-4-8-24(20)30(22)26/h1-14,17-18,31-32H. The summed E-state index contributed by atoms with van der Waals surface area (Å²) in [4.78, 5) is 0. The van der Waals surface area contributed by atoms with E-state index in [0.717, 1.165) is 43.1 Å². The van der Waals surface area contributed by atoms with Crippen LogP contribution in [0.5, 0.6) is 11.5 Å². The van der Waals surface area contributed by atoms with Gasteiger partial charge in [0, 0.05) is 10.8 Å². The fraction of sp³-hybridized carbons (Fsp3) is 0. The molecule has 0 fully saturated rings. The van der Waals surface area contributed by atoms with Gasteiger partial charge in [0.2, 0.25) is 0 Å². The topological polar surface area (TPSA) is 40.5 Å². The molecule has 0 aromatic heterocycles. The summed E-state index contributed by atoms with van der Waals surface area (Å²) in [6.45, 7) is 0. The van der Waals surface area contributed by atoms with Crippen LogP contribution in [0.2, 0.25) is 0 Å². The van der Waals surface area contributed by atoms with Gasteiger partial charge in [-0.05, 0) is 44.5 Å². The highest BCUT2D eigenvalue weighted by Crippen LogP contribution is 2.35. The van der Waals surface area contributed by atoms with E-state index in [2.05, 4.69) is 36.1 Å². The van der Waals surface area contributed by atoms with Crippen LogP contribution in [-0.2, 0) is 0 Å². The van der Waals surface area contributed by atoms with Crippen molar-refractivity contribution in [2.24, 2.45) is 0 Å². The lowest BCUT2D eigenvalue weighted by atomic mass is 9.95. The lowest BCUT2D eigenvalue weighted by molar-refractivity contribution is 0.473. The molecule has 0 aliphatic rings. The highest BCUT2D eigenvalue weighted by Gasteiger charge is 2.11. The van der Waals surface area contributed by atoms with Gasteiger partial charge in [-0.2, -0.15) is 0 Å². The predicted octanol–water partition coefficient (Wildman–Crippen LogP) is 7.11. The van der Waals surface area contributed by atoms with Crippen LogP contribution in [-0.4, -0.2) is 10.2 Å². The van der Waals surface area contributed by atoms with Gasteiger partial charge in [0.15, 0.2) is 0 Å². The van der Waals surface area contributed by atoms with Gasteiger partial charge in [-0.25, -0.2) is 0 Å². The van der Waals surface area contributed by atoms with Crippen molar-refractivity contribution in [1.82, 2.24) is 0 Å². The fourth-order valence-corrected chi connectivity index (χ4v) is 4.55. The van der Waals surface area contributed by atoms with Crippen LogP contribution in [0.25, 0.3) is 43.1 Å². The van der Waals surface area contributed by atoms with Crippen LogP contribution in [0.4, 0.5) is 0 Å². The van der Waals surface area contributed by atoms with Gasteiger partial charge in [-0.1, -0.05) is 96.8 Å². The van der Waals surface area contributed by atoms with Crippen LogP contribution < -0.4 is 0 Å². The molecule has 0 aliphatic heterocycles. The van der Waals surface area contributed by atoms with Gasteiger partial charge in [-0.15, -0.1) is 0 Å². The Labute approximate surface area is 185 Å². The van der Waals surface area contributed by atoms with Crippen LogP contribution >= 0.6 is 0 Å². The van der Waals surface area contributed by atoms with E-state index < -0.39 is 0 Å². The first kappa shape index (κ1) is 18.3. The summed E-state index contributed by atoms with van der Waals surface area (Å²) in [6, 6.07) is 31.6. The van der Waals surface area contributed by atoms with E-state index in [1.165, 1.54) is 0 Å². The molecule has 6 aromatic carbocycles. The van der Waals surface area contributed by atoms with Crippen LogP contribution in [0.3, 0.4) is 0 Å². The number of aromatic hydroxyl groups is 2.